The highest BCUT2D eigenvalue weighted by Gasteiger charge is 2.37. The SMILES string of the molecule is NC(=O)C1=c2oc(=O)/c(=C\c3ccccc3)n2-c2oc(N)nc2C1c1ccccc1. The van der Waals surface area contributed by atoms with E-state index in [9.17, 15) is 9.59 Å². The lowest BCUT2D eigenvalue weighted by Gasteiger charge is -2.21. The number of nitrogen functional groups attached to an aromatic ring is 1. The first-order valence-electron chi connectivity index (χ1n) is 9.18. The van der Waals surface area contributed by atoms with Gasteiger partial charge in [-0.15, -0.1) is 0 Å². The Morgan fingerprint density at radius 2 is 1.70 bits per heavy atom. The molecule has 1 aliphatic rings. The molecule has 1 amide bonds. The van der Waals surface area contributed by atoms with E-state index in [1.165, 1.54) is 4.57 Å². The smallest absolute Gasteiger partial charge is 0.362 e. The summed E-state index contributed by atoms with van der Waals surface area (Å²) >= 11 is 0. The molecule has 8 nitrogen and oxygen atoms in total. The number of rotatable bonds is 3. The highest BCUT2D eigenvalue weighted by Crippen LogP contribution is 2.37. The van der Waals surface area contributed by atoms with E-state index in [-0.39, 0.29) is 28.4 Å². The molecule has 3 heterocycles. The molecule has 148 valence electrons. The number of anilines is 1. The Labute approximate surface area is 169 Å². The number of fused-ring (bicyclic) bond motifs is 3. The summed E-state index contributed by atoms with van der Waals surface area (Å²) in [6.07, 6.45) is 1.64. The molecule has 0 aliphatic carbocycles. The molecule has 0 saturated heterocycles. The Kier molecular flexibility index (Phi) is 3.92. The number of oxazole rings is 2. The minimum absolute atomic E-state index is 0.00665. The van der Waals surface area contributed by atoms with Gasteiger partial charge in [0.1, 0.15) is 11.0 Å². The Morgan fingerprint density at radius 3 is 2.37 bits per heavy atom. The van der Waals surface area contributed by atoms with Gasteiger partial charge in [0.25, 0.3) is 11.9 Å². The molecule has 0 spiro atoms. The van der Waals surface area contributed by atoms with Gasteiger partial charge in [-0.1, -0.05) is 60.7 Å². The van der Waals surface area contributed by atoms with E-state index < -0.39 is 17.5 Å². The summed E-state index contributed by atoms with van der Waals surface area (Å²) in [6.45, 7) is 0. The van der Waals surface area contributed by atoms with Crippen molar-refractivity contribution >= 4 is 23.6 Å². The molecule has 8 heteroatoms. The zero-order chi connectivity index (χ0) is 20.8. The summed E-state index contributed by atoms with van der Waals surface area (Å²) in [5.74, 6) is -1.20. The molecule has 4 N–H and O–H groups in total. The van der Waals surface area contributed by atoms with Gasteiger partial charge < -0.3 is 20.3 Å². The van der Waals surface area contributed by atoms with Crippen LogP contribution in [0.3, 0.4) is 0 Å². The third kappa shape index (κ3) is 2.66. The predicted molar refractivity (Wildman–Crippen MR) is 109 cm³/mol. The molecule has 0 saturated carbocycles. The number of aromatic nitrogens is 2. The zero-order valence-corrected chi connectivity index (χ0v) is 15.6. The third-order valence-corrected chi connectivity index (χ3v) is 4.99. The lowest BCUT2D eigenvalue weighted by molar-refractivity contribution is -0.113. The van der Waals surface area contributed by atoms with Crippen LogP contribution in [0.1, 0.15) is 22.7 Å². The number of nitrogens with two attached hydrogens (primary N) is 2. The number of hydrogen-bond donors (Lipinski definition) is 2. The van der Waals surface area contributed by atoms with E-state index >= 15 is 0 Å². The second-order valence-corrected chi connectivity index (χ2v) is 6.83. The van der Waals surface area contributed by atoms with E-state index in [4.69, 9.17) is 20.3 Å². The Bertz CT molecular complexity index is 1450. The average molecular weight is 400 g/mol. The molecule has 0 bridgehead atoms. The van der Waals surface area contributed by atoms with E-state index in [1.807, 2.05) is 60.7 Å². The summed E-state index contributed by atoms with van der Waals surface area (Å²) in [7, 11) is 0. The molecule has 2 aromatic heterocycles. The van der Waals surface area contributed by atoms with Crippen LogP contribution in [-0.2, 0) is 4.79 Å². The Morgan fingerprint density at radius 1 is 1.03 bits per heavy atom. The molecule has 1 unspecified atom stereocenters. The fourth-order valence-corrected chi connectivity index (χ4v) is 3.76. The molecule has 4 aromatic rings. The number of hydrogen-bond acceptors (Lipinski definition) is 6. The lowest BCUT2D eigenvalue weighted by Crippen LogP contribution is -2.38. The summed E-state index contributed by atoms with van der Waals surface area (Å²) in [5, 5.41) is 0.166. The van der Waals surface area contributed by atoms with Crippen LogP contribution in [0.2, 0.25) is 0 Å². The molecular formula is C22H16N4O4. The second-order valence-electron chi connectivity index (χ2n) is 6.83. The quantitative estimate of drug-likeness (QED) is 0.518. The van der Waals surface area contributed by atoms with Crippen LogP contribution >= 0.6 is 0 Å². The number of amides is 1. The molecular weight excluding hydrogens is 384 g/mol. The molecule has 0 fully saturated rings. The standard InChI is InChI=1S/C22H16N4O4/c23-18(27)16-15(13-9-5-2-6-10-13)17-20(30-22(24)25-17)26-14(21(28)29-19(16)26)11-12-7-3-1-4-8-12/h1-11,15H,(H2,23,27)(H2,24,25)/b14-11+. The summed E-state index contributed by atoms with van der Waals surface area (Å²) < 4.78 is 12.6. The molecule has 30 heavy (non-hydrogen) atoms. The van der Waals surface area contributed by atoms with Gasteiger partial charge in [-0.05, 0) is 17.2 Å². The highest BCUT2D eigenvalue weighted by molar-refractivity contribution is 6.15. The van der Waals surface area contributed by atoms with Crippen LogP contribution in [-0.4, -0.2) is 15.5 Å². The molecule has 2 aromatic carbocycles. The summed E-state index contributed by atoms with van der Waals surface area (Å²) in [6, 6.07) is 18.3. The topological polar surface area (TPSA) is 130 Å². The van der Waals surface area contributed by atoms with Gasteiger partial charge in [-0.25, -0.2) is 9.36 Å². The van der Waals surface area contributed by atoms with Crippen LogP contribution in [0.25, 0.3) is 17.5 Å². The van der Waals surface area contributed by atoms with Crippen LogP contribution in [0.5, 0.6) is 0 Å². The predicted octanol–water partition coefficient (Wildman–Crippen LogP) is 0.611. The fraction of sp³-hybridized carbons (Fsp3) is 0.0455. The maximum Gasteiger partial charge on any atom is 0.362 e. The van der Waals surface area contributed by atoms with Crippen LogP contribution in [0.4, 0.5) is 6.01 Å². The monoisotopic (exact) mass is 400 g/mol. The van der Waals surface area contributed by atoms with Crippen molar-refractivity contribution in [3.8, 4) is 5.88 Å². The van der Waals surface area contributed by atoms with Gasteiger partial charge in [0, 0.05) is 0 Å². The van der Waals surface area contributed by atoms with Crippen molar-refractivity contribution in [2.24, 2.45) is 5.73 Å². The van der Waals surface area contributed by atoms with Crippen LogP contribution in [0.15, 0.2) is 74.3 Å². The molecule has 0 radical (unpaired) electrons. The first kappa shape index (κ1) is 17.7. The number of primary amides is 1. The summed E-state index contributed by atoms with van der Waals surface area (Å²) in [4.78, 5) is 29.6. The van der Waals surface area contributed by atoms with Crippen molar-refractivity contribution in [1.82, 2.24) is 9.55 Å². The van der Waals surface area contributed by atoms with Gasteiger partial charge in [-0.3, -0.25) is 4.79 Å². The molecule has 1 aliphatic heterocycles. The maximum absolute atomic E-state index is 12.8. The number of carbonyl (C=O) groups is 1. The Hall–Kier alpha value is -4.33. The van der Waals surface area contributed by atoms with Crippen molar-refractivity contribution in [1.29, 1.82) is 0 Å². The van der Waals surface area contributed by atoms with Gasteiger partial charge in [-0.2, -0.15) is 4.98 Å². The fourth-order valence-electron chi connectivity index (χ4n) is 3.76. The van der Waals surface area contributed by atoms with Crippen molar-refractivity contribution < 1.29 is 13.6 Å². The minimum Gasteiger partial charge on any atom is -0.406 e. The first-order valence-corrected chi connectivity index (χ1v) is 9.18. The van der Waals surface area contributed by atoms with E-state index in [1.54, 1.807) is 6.08 Å². The first-order chi connectivity index (χ1) is 14.5. The maximum atomic E-state index is 12.8. The lowest BCUT2D eigenvalue weighted by atomic mass is 9.86. The number of nitrogens with zero attached hydrogens (tertiary/aromatic N) is 2. The van der Waals surface area contributed by atoms with Crippen LogP contribution < -0.4 is 28.0 Å². The van der Waals surface area contributed by atoms with E-state index in [0.29, 0.717) is 5.69 Å². The minimum atomic E-state index is -0.732. The van der Waals surface area contributed by atoms with Crippen LogP contribution in [0, 0.1) is 0 Å². The summed E-state index contributed by atoms with van der Waals surface area (Å²) in [5.41, 5.74) is 13.0. The van der Waals surface area contributed by atoms with Crippen molar-refractivity contribution in [3.05, 3.63) is 98.8 Å². The average Bonchev–Trinajstić information content (AvgIpc) is 3.27. The van der Waals surface area contributed by atoms with Gasteiger partial charge in [0.15, 0.2) is 0 Å². The van der Waals surface area contributed by atoms with Crippen molar-refractivity contribution in [2.75, 3.05) is 5.73 Å². The van der Waals surface area contributed by atoms with Gasteiger partial charge in [0.05, 0.1) is 11.5 Å². The third-order valence-electron chi connectivity index (χ3n) is 4.99. The Balaban J connectivity index is 1.93. The van der Waals surface area contributed by atoms with E-state index in [2.05, 4.69) is 4.98 Å². The zero-order valence-electron chi connectivity index (χ0n) is 15.6. The normalized spacial score (nSPS) is 15.7. The van der Waals surface area contributed by atoms with Gasteiger partial charge >= 0.3 is 5.63 Å². The van der Waals surface area contributed by atoms with E-state index in [0.717, 1.165) is 11.1 Å². The highest BCUT2D eigenvalue weighted by atomic mass is 16.4. The molecule has 5 rings (SSSR count). The van der Waals surface area contributed by atoms with Gasteiger partial charge in [0.2, 0.25) is 11.4 Å². The second kappa shape index (κ2) is 6.63. The largest absolute Gasteiger partial charge is 0.406 e. The number of carbonyl (C=O) groups excluding carboxylic acids is 1. The number of benzene rings is 2. The molecule has 1 atom stereocenters. The van der Waals surface area contributed by atoms with Crippen molar-refractivity contribution in [3.63, 3.8) is 0 Å². The van der Waals surface area contributed by atoms with Crippen molar-refractivity contribution in [2.45, 2.75) is 5.92 Å².